The van der Waals surface area contributed by atoms with Crippen LogP contribution in [0.1, 0.15) is 54.9 Å². The molecule has 0 saturated heterocycles. The van der Waals surface area contributed by atoms with Crippen molar-refractivity contribution in [2.45, 2.75) is 73.0 Å². The summed E-state index contributed by atoms with van der Waals surface area (Å²) in [7, 11) is 2.16. The van der Waals surface area contributed by atoms with E-state index in [9.17, 15) is 0 Å². The first-order valence-corrected chi connectivity index (χ1v) is 9.27. The number of aliphatic imine (C=N–C) groups is 1. The van der Waals surface area contributed by atoms with E-state index in [1.54, 1.807) is 0 Å². The number of likely N-dealkylation sites (N-methyl/N-ethyl adjacent to an activating group) is 1. The predicted molar refractivity (Wildman–Crippen MR) is 119 cm³/mol. The van der Waals surface area contributed by atoms with Crippen LogP contribution >= 0.6 is 24.0 Å². The maximum Gasteiger partial charge on any atom is 0.191 e. The van der Waals surface area contributed by atoms with Crippen molar-refractivity contribution in [3.63, 3.8) is 0 Å². The molecule has 0 spiro atoms. The molecule has 0 aliphatic rings. The smallest absolute Gasteiger partial charge is 0.191 e. The molecular weight excluding hydrogens is 413 g/mol. The second-order valence-electron chi connectivity index (χ2n) is 7.04. The first-order chi connectivity index (χ1) is 10.8. The number of hydrogen-bond acceptors (Lipinski definition) is 3. The molecule has 0 aromatic heterocycles. The van der Waals surface area contributed by atoms with Crippen LogP contribution in [-0.4, -0.2) is 73.7 Å². The lowest BCUT2D eigenvalue weighted by Gasteiger charge is -2.30. The quantitative estimate of drug-likeness (QED) is 0.218. The average Bonchev–Trinajstić information content (AvgIpc) is 2.45. The third-order valence-corrected chi connectivity index (χ3v) is 4.15. The van der Waals surface area contributed by atoms with Crippen molar-refractivity contribution in [3.05, 3.63) is 0 Å². The summed E-state index contributed by atoms with van der Waals surface area (Å²) in [6, 6.07) is 1.77. The Bertz CT molecular complexity index is 311. The Morgan fingerprint density at radius 2 is 1.50 bits per heavy atom. The largest absolute Gasteiger partial charge is 0.357 e. The first kappa shape index (κ1) is 26.2. The van der Waals surface area contributed by atoms with Gasteiger partial charge in [-0.3, -0.25) is 9.89 Å². The van der Waals surface area contributed by atoms with Crippen LogP contribution in [0.4, 0.5) is 0 Å². The minimum atomic E-state index is 0. The van der Waals surface area contributed by atoms with Crippen molar-refractivity contribution in [1.29, 1.82) is 0 Å². The highest BCUT2D eigenvalue weighted by atomic mass is 127. The van der Waals surface area contributed by atoms with Crippen LogP contribution in [0.25, 0.3) is 0 Å². The molecule has 0 heterocycles. The lowest BCUT2D eigenvalue weighted by Crippen LogP contribution is -2.42. The van der Waals surface area contributed by atoms with Gasteiger partial charge < -0.3 is 15.5 Å². The minimum absolute atomic E-state index is 0. The average molecular weight is 455 g/mol. The van der Waals surface area contributed by atoms with E-state index in [2.05, 4.69) is 75.9 Å². The van der Waals surface area contributed by atoms with Crippen molar-refractivity contribution >= 4 is 29.9 Å². The minimum Gasteiger partial charge on any atom is -0.357 e. The summed E-state index contributed by atoms with van der Waals surface area (Å²) in [5.74, 6) is 0.935. The molecule has 0 atom stereocenters. The van der Waals surface area contributed by atoms with Gasteiger partial charge in [-0.2, -0.15) is 0 Å². The summed E-state index contributed by atoms with van der Waals surface area (Å²) in [4.78, 5) is 9.55. The van der Waals surface area contributed by atoms with Gasteiger partial charge in [-0.15, -0.1) is 24.0 Å². The fraction of sp³-hybridized carbons (Fsp3) is 0.944. The number of rotatable bonds is 11. The summed E-state index contributed by atoms with van der Waals surface area (Å²) in [5.41, 5.74) is 0. The normalized spacial score (nSPS) is 12.5. The van der Waals surface area contributed by atoms with E-state index < -0.39 is 0 Å². The van der Waals surface area contributed by atoms with Crippen molar-refractivity contribution in [2.24, 2.45) is 4.99 Å². The Kier molecular flexibility index (Phi) is 16.6. The van der Waals surface area contributed by atoms with Crippen LogP contribution in [0.15, 0.2) is 4.99 Å². The highest BCUT2D eigenvalue weighted by molar-refractivity contribution is 14.0. The van der Waals surface area contributed by atoms with Crippen LogP contribution in [-0.2, 0) is 0 Å². The summed E-state index contributed by atoms with van der Waals surface area (Å²) >= 11 is 0. The van der Waals surface area contributed by atoms with Gasteiger partial charge in [0.2, 0.25) is 0 Å². The second kappa shape index (κ2) is 15.2. The molecule has 0 unspecified atom stereocenters. The molecule has 0 aliphatic heterocycles. The molecule has 0 saturated carbocycles. The van der Waals surface area contributed by atoms with Crippen LogP contribution in [0.3, 0.4) is 0 Å². The predicted octanol–water partition coefficient (Wildman–Crippen LogP) is 3.01. The summed E-state index contributed by atoms with van der Waals surface area (Å²) in [6.45, 7) is 20.4. The molecule has 0 aromatic carbocycles. The topological polar surface area (TPSA) is 42.9 Å². The molecule has 0 aromatic rings. The molecule has 2 N–H and O–H groups in total. The molecule has 24 heavy (non-hydrogen) atoms. The number of hydrogen-bond donors (Lipinski definition) is 2. The van der Waals surface area contributed by atoms with Gasteiger partial charge in [-0.05, 0) is 61.9 Å². The van der Waals surface area contributed by atoms with Crippen molar-refractivity contribution in [2.75, 3.05) is 39.8 Å². The number of guanidine groups is 1. The van der Waals surface area contributed by atoms with Gasteiger partial charge >= 0.3 is 0 Å². The first-order valence-electron chi connectivity index (χ1n) is 9.27. The zero-order valence-corrected chi connectivity index (χ0v) is 19.6. The van der Waals surface area contributed by atoms with Gasteiger partial charge in [0.05, 0.1) is 0 Å². The zero-order chi connectivity index (χ0) is 17.8. The monoisotopic (exact) mass is 455 g/mol. The Labute approximate surface area is 168 Å². The van der Waals surface area contributed by atoms with Crippen LogP contribution in [0.5, 0.6) is 0 Å². The fourth-order valence-corrected chi connectivity index (χ4v) is 2.51. The number of nitrogens with zero attached hydrogens (tertiary/aromatic N) is 3. The lowest BCUT2D eigenvalue weighted by atomic mass is 10.2. The van der Waals surface area contributed by atoms with E-state index in [-0.39, 0.29) is 24.0 Å². The van der Waals surface area contributed by atoms with Gasteiger partial charge in [0.15, 0.2) is 5.96 Å². The summed E-state index contributed by atoms with van der Waals surface area (Å²) in [6.07, 6.45) is 1.10. The standard InChI is InChI=1S/C18H41N5.HI/c1-9-19-18(21-12-14-22(8)15(2)3)20-11-10-13-23(16(4)5)17(6)7;/h15-17H,9-14H2,1-8H3,(H2,19,20,21);1H. The van der Waals surface area contributed by atoms with Crippen molar-refractivity contribution in [1.82, 2.24) is 20.4 Å². The van der Waals surface area contributed by atoms with Crippen molar-refractivity contribution < 1.29 is 0 Å². The molecule has 0 rings (SSSR count). The third-order valence-electron chi connectivity index (χ3n) is 4.15. The molecule has 0 radical (unpaired) electrons. The van der Waals surface area contributed by atoms with Gasteiger partial charge in [0.1, 0.15) is 0 Å². The van der Waals surface area contributed by atoms with Crippen LogP contribution in [0.2, 0.25) is 0 Å². The van der Waals surface area contributed by atoms with Gasteiger partial charge in [-0.1, -0.05) is 0 Å². The van der Waals surface area contributed by atoms with E-state index in [4.69, 9.17) is 4.99 Å². The Balaban J connectivity index is 0. The Morgan fingerprint density at radius 3 is 1.96 bits per heavy atom. The molecule has 0 aliphatic carbocycles. The Hall–Kier alpha value is -0.0800. The maximum absolute atomic E-state index is 4.70. The van der Waals surface area contributed by atoms with E-state index in [1.165, 1.54) is 0 Å². The highest BCUT2D eigenvalue weighted by Crippen LogP contribution is 2.05. The maximum atomic E-state index is 4.70. The fourth-order valence-electron chi connectivity index (χ4n) is 2.51. The van der Waals surface area contributed by atoms with Gasteiger partial charge in [-0.25, -0.2) is 0 Å². The molecule has 5 nitrogen and oxygen atoms in total. The SMILES string of the molecule is CCNC(=NCCCN(C(C)C)C(C)C)NCCN(C)C(C)C.I. The van der Waals surface area contributed by atoms with E-state index in [0.717, 1.165) is 45.1 Å². The van der Waals surface area contributed by atoms with Crippen LogP contribution in [0, 0.1) is 0 Å². The molecule has 146 valence electrons. The van der Waals surface area contributed by atoms with E-state index >= 15 is 0 Å². The van der Waals surface area contributed by atoms with E-state index in [0.29, 0.717) is 18.1 Å². The van der Waals surface area contributed by atoms with Gasteiger partial charge in [0.25, 0.3) is 0 Å². The molecule has 0 fully saturated rings. The molecule has 0 amide bonds. The number of halogens is 1. The van der Waals surface area contributed by atoms with Crippen LogP contribution < -0.4 is 10.6 Å². The molecule has 0 bridgehead atoms. The third kappa shape index (κ3) is 12.3. The molecular formula is C18H42IN5. The summed E-state index contributed by atoms with van der Waals surface area (Å²) < 4.78 is 0. The van der Waals surface area contributed by atoms with E-state index in [1.807, 2.05) is 0 Å². The lowest BCUT2D eigenvalue weighted by molar-refractivity contribution is 0.174. The van der Waals surface area contributed by atoms with Gasteiger partial charge in [0, 0.05) is 50.8 Å². The zero-order valence-electron chi connectivity index (χ0n) is 17.2. The second-order valence-corrected chi connectivity index (χ2v) is 7.04. The Morgan fingerprint density at radius 1 is 0.917 bits per heavy atom. The number of nitrogens with one attached hydrogen (secondary N) is 2. The summed E-state index contributed by atoms with van der Waals surface area (Å²) in [5, 5.41) is 6.75. The van der Waals surface area contributed by atoms with Crippen molar-refractivity contribution in [3.8, 4) is 0 Å². The molecule has 6 heteroatoms. The highest BCUT2D eigenvalue weighted by Gasteiger charge is 2.12.